The van der Waals surface area contributed by atoms with Crippen LogP contribution in [0.15, 0.2) is 36.7 Å². The molecular weight excluding hydrogens is 362 g/mol. The number of hydrogen-bond acceptors (Lipinski definition) is 3. The lowest BCUT2D eigenvalue weighted by molar-refractivity contribution is 0.0697. The fraction of sp³-hybridized carbons (Fsp3) is 0.417. The van der Waals surface area contributed by atoms with Gasteiger partial charge in [-0.15, -0.1) is 0 Å². The van der Waals surface area contributed by atoms with E-state index >= 15 is 0 Å². The molecule has 150 valence electrons. The molecule has 2 aliphatic rings. The predicted molar refractivity (Wildman–Crippen MR) is 115 cm³/mol. The van der Waals surface area contributed by atoms with Crippen molar-refractivity contribution < 1.29 is 9.90 Å². The molecule has 0 aliphatic heterocycles. The quantitative estimate of drug-likeness (QED) is 0.567. The predicted octanol–water partition coefficient (Wildman–Crippen LogP) is 5.94. The number of fused-ring (bicyclic) bond motifs is 1. The number of carbonyl (C=O) groups is 1. The molecule has 2 heterocycles. The van der Waals surface area contributed by atoms with Crippen LogP contribution < -0.4 is 5.32 Å². The lowest BCUT2D eigenvalue weighted by atomic mass is 9.84. The zero-order valence-electron chi connectivity index (χ0n) is 16.8. The number of hydrogen-bond donors (Lipinski definition) is 2. The molecule has 0 spiro atoms. The molecule has 0 unspecified atom stereocenters. The molecule has 1 aromatic carbocycles. The van der Waals surface area contributed by atoms with Crippen LogP contribution in [-0.4, -0.2) is 20.6 Å². The summed E-state index contributed by atoms with van der Waals surface area (Å²) in [6.07, 6.45) is 12.8. The number of carboxylic acid groups (broad SMARTS) is 1. The number of rotatable bonds is 5. The molecular formula is C24H27N3O2. The van der Waals surface area contributed by atoms with E-state index in [9.17, 15) is 9.90 Å². The Morgan fingerprint density at radius 1 is 1.10 bits per heavy atom. The molecule has 29 heavy (non-hydrogen) atoms. The summed E-state index contributed by atoms with van der Waals surface area (Å²) in [7, 11) is 2.10. The summed E-state index contributed by atoms with van der Waals surface area (Å²) in [5, 5.41) is 14.2. The second-order valence-corrected chi connectivity index (χ2v) is 8.63. The third-order valence-corrected chi connectivity index (χ3v) is 6.52. The number of anilines is 2. The number of carboxylic acids is 1. The summed E-state index contributed by atoms with van der Waals surface area (Å²) in [4.78, 5) is 16.3. The van der Waals surface area contributed by atoms with Crippen LogP contribution >= 0.6 is 0 Å². The van der Waals surface area contributed by atoms with Crippen molar-refractivity contribution in [3.05, 3.63) is 53.3 Å². The maximum absolute atomic E-state index is 11.8. The monoisotopic (exact) mass is 389 g/mol. The Labute approximate surface area is 170 Å². The van der Waals surface area contributed by atoms with Gasteiger partial charge in [-0.3, -0.25) is 0 Å². The third kappa shape index (κ3) is 3.50. The summed E-state index contributed by atoms with van der Waals surface area (Å²) < 4.78 is 2.20. The highest BCUT2D eigenvalue weighted by Crippen LogP contribution is 2.41. The number of nitrogens with zero attached hydrogens (tertiary/aromatic N) is 2. The van der Waals surface area contributed by atoms with Gasteiger partial charge in [-0.2, -0.15) is 0 Å². The molecule has 0 saturated heterocycles. The largest absolute Gasteiger partial charge is 0.478 e. The Kier molecular flexibility index (Phi) is 4.53. The molecule has 3 aromatic rings. The zero-order chi connectivity index (χ0) is 20.0. The highest BCUT2D eigenvalue weighted by molar-refractivity contribution is 5.95. The SMILES string of the molecule is Cn1cc(C2CCCCC2)c2cc(Nc3ncc(C4CC4)cc3C(=O)O)ccc21. The summed E-state index contributed by atoms with van der Waals surface area (Å²) in [5.41, 5.74) is 4.80. The van der Waals surface area contributed by atoms with Crippen molar-refractivity contribution in [3.63, 3.8) is 0 Å². The number of aromatic carboxylic acids is 1. The van der Waals surface area contributed by atoms with Gasteiger partial charge >= 0.3 is 5.97 Å². The number of aryl methyl sites for hydroxylation is 1. The van der Waals surface area contributed by atoms with Crippen LogP contribution in [0.25, 0.3) is 10.9 Å². The van der Waals surface area contributed by atoms with Crippen LogP contribution in [0, 0.1) is 0 Å². The average Bonchev–Trinajstić information content (AvgIpc) is 3.53. The van der Waals surface area contributed by atoms with Crippen molar-refractivity contribution in [2.75, 3.05) is 5.32 Å². The minimum absolute atomic E-state index is 0.245. The Bertz CT molecular complexity index is 1080. The van der Waals surface area contributed by atoms with E-state index in [2.05, 4.69) is 40.2 Å². The minimum atomic E-state index is -0.939. The smallest absolute Gasteiger partial charge is 0.339 e. The molecule has 5 rings (SSSR count). The van der Waals surface area contributed by atoms with Gasteiger partial charge in [0, 0.05) is 36.0 Å². The van der Waals surface area contributed by atoms with Crippen LogP contribution in [0.5, 0.6) is 0 Å². The van der Waals surface area contributed by atoms with Gasteiger partial charge in [-0.1, -0.05) is 19.3 Å². The molecule has 2 fully saturated rings. The van der Waals surface area contributed by atoms with Crippen molar-refractivity contribution in [1.82, 2.24) is 9.55 Å². The first-order valence-electron chi connectivity index (χ1n) is 10.7. The highest BCUT2D eigenvalue weighted by Gasteiger charge is 2.26. The van der Waals surface area contributed by atoms with Crippen molar-refractivity contribution in [3.8, 4) is 0 Å². The maximum Gasteiger partial charge on any atom is 0.339 e. The van der Waals surface area contributed by atoms with Crippen molar-refractivity contribution >= 4 is 28.4 Å². The first kappa shape index (κ1) is 18.2. The molecule has 2 N–H and O–H groups in total. The molecule has 5 heteroatoms. The van der Waals surface area contributed by atoms with E-state index < -0.39 is 5.97 Å². The summed E-state index contributed by atoms with van der Waals surface area (Å²) in [6, 6.07) is 8.06. The van der Waals surface area contributed by atoms with Gasteiger partial charge in [0.1, 0.15) is 11.4 Å². The second-order valence-electron chi connectivity index (χ2n) is 8.63. The number of benzene rings is 1. The second kappa shape index (κ2) is 7.21. The standard InChI is InChI=1S/C24H27N3O2/c1-27-14-21(16-5-3-2-4-6-16)19-12-18(9-10-22(19)27)26-23-20(24(28)29)11-17(13-25-23)15-7-8-15/h9-16H,2-8H2,1H3,(H,25,26)(H,28,29). The lowest BCUT2D eigenvalue weighted by Crippen LogP contribution is -2.06. The van der Waals surface area contributed by atoms with Crippen molar-refractivity contribution in [1.29, 1.82) is 0 Å². The molecule has 2 aromatic heterocycles. The minimum Gasteiger partial charge on any atom is -0.478 e. The molecule has 2 aliphatic carbocycles. The average molecular weight is 389 g/mol. The number of aromatic nitrogens is 2. The van der Waals surface area contributed by atoms with Gasteiger partial charge in [0.15, 0.2) is 0 Å². The van der Waals surface area contributed by atoms with Gasteiger partial charge in [-0.05, 0) is 72.9 Å². The molecule has 2 saturated carbocycles. The Morgan fingerprint density at radius 2 is 1.90 bits per heavy atom. The number of nitrogens with one attached hydrogen (secondary N) is 1. The first-order valence-corrected chi connectivity index (χ1v) is 10.7. The Hall–Kier alpha value is -2.82. The number of pyridine rings is 1. The van der Waals surface area contributed by atoms with Crippen molar-refractivity contribution in [2.24, 2.45) is 7.05 Å². The third-order valence-electron chi connectivity index (χ3n) is 6.52. The van der Waals surface area contributed by atoms with Crippen LogP contribution in [0.1, 0.15) is 78.3 Å². The molecule has 0 atom stereocenters. The normalized spacial score (nSPS) is 17.6. The maximum atomic E-state index is 11.8. The van der Waals surface area contributed by atoms with E-state index in [-0.39, 0.29) is 5.56 Å². The van der Waals surface area contributed by atoms with Crippen LogP contribution in [0.3, 0.4) is 0 Å². The van der Waals surface area contributed by atoms with Gasteiger partial charge in [-0.25, -0.2) is 9.78 Å². The van der Waals surface area contributed by atoms with Crippen molar-refractivity contribution in [2.45, 2.75) is 56.8 Å². The Balaban J connectivity index is 1.50. The molecule has 0 amide bonds. The Morgan fingerprint density at radius 3 is 2.62 bits per heavy atom. The van der Waals surface area contributed by atoms with Gasteiger partial charge < -0.3 is 15.0 Å². The highest BCUT2D eigenvalue weighted by atomic mass is 16.4. The van der Waals surface area contributed by atoms with Crippen LogP contribution in [0.2, 0.25) is 0 Å². The van der Waals surface area contributed by atoms with Gasteiger partial charge in [0.05, 0.1) is 0 Å². The first-order chi connectivity index (χ1) is 14.1. The van der Waals surface area contributed by atoms with Crippen LogP contribution in [0.4, 0.5) is 11.5 Å². The van der Waals surface area contributed by atoms with Gasteiger partial charge in [0.25, 0.3) is 0 Å². The van der Waals surface area contributed by atoms with E-state index in [1.54, 1.807) is 6.07 Å². The van der Waals surface area contributed by atoms with E-state index in [0.717, 1.165) is 24.1 Å². The topological polar surface area (TPSA) is 67.2 Å². The molecule has 5 nitrogen and oxygen atoms in total. The van der Waals surface area contributed by atoms with Gasteiger partial charge in [0.2, 0.25) is 0 Å². The fourth-order valence-electron chi connectivity index (χ4n) is 4.76. The summed E-state index contributed by atoms with van der Waals surface area (Å²) in [5.74, 6) is 0.573. The fourth-order valence-corrected chi connectivity index (χ4v) is 4.76. The van der Waals surface area contributed by atoms with E-state index in [0.29, 0.717) is 17.7 Å². The summed E-state index contributed by atoms with van der Waals surface area (Å²) >= 11 is 0. The molecule has 0 bridgehead atoms. The van der Waals surface area contributed by atoms with Crippen LogP contribution in [-0.2, 0) is 7.05 Å². The van der Waals surface area contributed by atoms with E-state index in [1.165, 1.54) is 48.6 Å². The molecule has 0 radical (unpaired) electrons. The lowest BCUT2D eigenvalue weighted by Gasteiger charge is -2.21. The van der Waals surface area contributed by atoms with E-state index in [4.69, 9.17) is 0 Å². The zero-order valence-corrected chi connectivity index (χ0v) is 16.8. The van der Waals surface area contributed by atoms with E-state index in [1.807, 2.05) is 12.3 Å². The summed E-state index contributed by atoms with van der Waals surface area (Å²) in [6.45, 7) is 0.